The van der Waals surface area contributed by atoms with E-state index in [2.05, 4.69) is 0 Å². The summed E-state index contributed by atoms with van der Waals surface area (Å²) in [5, 5.41) is 0. The fraction of sp³-hybridized carbons (Fsp3) is 0.167. The van der Waals surface area contributed by atoms with Crippen molar-refractivity contribution in [2.45, 2.75) is 12.2 Å². The maximum absolute atomic E-state index is 10.9. The normalized spacial score (nSPS) is 14.1. The number of rotatable bonds is 6. The Bertz CT molecular complexity index is 413. The summed E-state index contributed by atoms with van der Waals surface area (Å²) in [6.45, 7) is 0. The van der Waals surface area contributed by atoms with Crippen molar-refractivity contribution in [3.8, 4) is 0 Å². The fourth-order valence-electron chi connectivity index (χ4n) is 1.40. The van der Waals surface area contributed by atoms with Crippen molar-refractivity contribution in [2.24, 2.45) is 0 Å². The summed E-state index contributed by atoms with van der Waals surface area (Å²) in [7, 11) is 0. The lowest BCUT2D eigenvalue weighted by Gasteiger charge is -2.13. The van der Waals surface area contributed by atoms with Crippen LogP contribution in [0.15, 0.2) is 45.6 Å². The molecule has 5 heteroatoms. The minimum absolute atomic E-state index is 0.346. The van der Waals surface area contributed by atoms with E-state index in [1.165, 1.54) is 12.5 Å². The zero-order valence-electron chi connectivity index (χ0n) is 8.81. The van der Waals surface area contributed by atoms with E-state index in [0.717, 1.165) is 0 Å². The quantitative estimate of drug-likeness (QED) is 0.715. The average molecular weight is 234 g/mol. The molecule has 2 unspecified atom stereocenters. The highest BCUT2D eigenvalue weighted by Gasteiger charge is 2.22. The molecule has 0 aliphatic carbocycles. The predicted octanol–water partition coefficient (Wildman–Crippen LogP) is 2.07. The van der Waals surface area contributed by atoms with E-state index in [9.17, 15) is 9.59 Å². The minimum atomic E-state index is -0.926. The molecule has 0 fully saturated rings. The third-order valence-electron chi connectivity index (χ3n) is 2.19. The van der Waals surface area contributed by atoms with Crippen molar-refractivity contribution >= 4 is 12.6 Å². The van der Waals surface area contributed by atoms with E-state index in [1.54, 1.807) is 24.3 Å². The number of carbonyl (C=O) groups excluding carboxylic acids is 2. The maximum Gasteiger partial charge on any atom is 0.172 e. The molecule has 2 aromatic heterocycles. The summed E-state index contributed by atoms with van der Waals surface area (Å²) in [5.74, 6) is 0.691. The number of carbonyl (C=O) groups is 2. The summed E-state index contributed by atoms with van der Waals surface area (Å²) in [6, 6.07) is 6.47. The van der Waals surface area contributed by atoms with E-state index in [-0.39, 0.29) is 0 Å². The lowest BCUT2D eigenvalue weighted by molar-refractivity contribution is -0.133. The predicted molar refractivity (Wildman–Crippen MR) is 56.1 cm³/mol. The summed E-state index contributed by atoms with van der Waals surface area (Å²) >= 11 is 0. The molecule has 2 atom stereocenters. The molecule has 0 radical (unpaired) electrons. The molecule has 2 heterocycles. The van der Waals surface area contributed by atoms with Crippen LogP contribution in [-0.4, -0.2) is 12.6 Å². The van der Waals surface area contributed by atoms with E-state index in [4.69, 9.17) is 13.6 Å². The molecule has 0 aromatic carbocycles. The number of hydrogen-bond acceptors (Lipinski definition) is 5. The van der Waals surface area contributed by atoms with Crippen molar-refractivity contribution in [2.75, 3.05) is 0 Å². The second kappa shape index (κ2) is 5.27. The molecule has 0 N–H and O–H groups in total. The van der Waals surface area contributed by atoms with E-state index in [1.807, 2.05) is 0 Å². The van der Waals surface area contributed by atoms with E-state index in [0.29, 0.717) is 24.1 Å². The van der Waals surface area contributed by atoms with Gasteiger partial charge in [-0.25, -0.2) is 0 Å². The molecule has 5 nitrogen and oxygen atoms in total. The van der Waals surface area contributed by atoms with Crippen molar-refractivity contribution in [3.05, 3.63) is 48.3 Å². The molecule has 88 valence electrons. The van der Waals surface area contributed by atoms with Crippen LogP contribution in [0, 0.1) is 0 Å². The van der Waals surface area contributed by atoms with Crippen molar-refractivity contribution in [1.82, 2.24) is 0 Å². The standard InChI is InChI=1S/C12H10O5/c13-7-11(9-3-1-5-15-9)17-12(8-14)10-4-2-6-16-10/h1-8,11-12H. The fourth-order valence-corrected chi connectivity index (χ4v) is 1.40. The smallest absolute Gasteiger partial charge is 0.172 e. The SMILES string of the molecule is O=CC(OC(C=O)c1ccco1)c1ccco1. The summed E-state index contributed by atoms with van der Waals surface area (Å²) in [6.07, 6.45) is 2.14. The Labute approximate surface area is 97.0 Å². The highest BCUT2D eigenvalue weighted by Crippen LogP contribution is 2.24. The van der Waals surface area contributed by atoms with Crippen molar-refractivity contribution in [1.29, 1.82) is 0 Å². The Kier molecular flexibility index (Phi) is 3.52. The molecule has 0 saturated heterocycles. The Morgan fingerprint density at radius 1 is 0.941 bits per heavy atom. The van der Waals surface area contributed by atoms with E-state index < -0.39 is 12.2 Å². The molecule has 0 bridgehead atoms. The van der Waals surface area contributed by atoms with Gasteiger partial charge in [0, 0.05) is 0 Å². The van der Waals surface area contributed by atoms with Gasteiger partial charge in [-0.1, -0.05) is 0 Å². The van der Waals surface area contributed by atoms with Gasteiger partial charge in [0.1, 0.15) is 11.5 Å². The van der Waals surface area contributed by atoms with Gasteiger partial charge in [0.25, 0.3) is 0 Å². The Balaban J connectivity index is 2.12. The largest absolute Gasteiger partial charge is 0.466 e. The van der Waals surface area contributed by atoms with Gasteiger partial charge in [0.15, 0.2) is 24.8 Å². The van der Waals surface area contributed by atoms with Crippen LogP contribution < -0.4 is 0 Å². The number of aldehydes is 2. The first-order chi connectivity index (χ1) is 8.35. The second-order valence-corrected chi connectivity index (χ2v) is 3.28. The molecular weight excluding hydrogens is 224 g/mol. The number of furan rings is 2. The van der Waals surface area contributed by atoms with Gasteiger partial charge >= 0.3 is 0 Å². The highest BCUT2D eigenvalue weighted by molar-refractivity contribution is 5.61. The van der Waals surface area contributed by atoms with E-state index >= 15 is 0 Å². The first kappa shape index (κ1) is 11.3. The molecule has 0 aliphatic heterocycles. The van der Waals surface area contributed by atoms with Crippen LogP contribution in [0.25, 0.3) is 0 Å². The van der Waals surface area contributed by atoms with Crippen LogP contribution in [0.5, 0.6) is 0 Å². The van der Waals surface area contributed by atoms with Gasteiger partial charge in [0.05, 0.1) is 12.5 Å². The molecule has 2 aromatic rings. The van der Waals surface area contributed by atoms with Crippen LogP contribution >= 0.6 is 0 Å². The zero-order chi connectivity index (χ0) is 12.1. The molecule has 0 amide bonds. The maximum atomic E-state index is 10.9. The Hall–Kier alpha value is -2.14. The van der Waals surface area contributed by atoms with Gasteiger partial charge < -0.3 is 13.6 Å². The van der Waals surface area contributed by atoms with Gasteiger partial charge in [-0.05, 0) is 24.3 Å². The summed E-state index contributed by atoms with van der Waals surface area (Å²) in [5.41, 5.74) is 0. The van der Waals surface area contributed by atoms with Crippen molar-refractivity contribution < 1.29 is 23.2 Å². The third-order valence-corrected chi connectivity index (χ3v) is 2.19. The molecule has 0 saturated carbocycles. The topological polar surface area (TPSA) is 69.7 Å². The molecule has 0 aliphatic rings. The first-order valence-corrected chi connectivity index (χ1v) is 4.98. The summed E-state index contributed by atoms with van der Waals surface area (Å²) in [4.78, 5) is 21.8. The van der Waals surface area contributed by atoms with Gasteiger partial charge in [-0.3, -0.25) is 9.59 Å². The van der Waals surface area contributed by atoms with Gasteiger partial charge in [-0.2, -0.15) is 0 Å². The molecule has 2 rings (SSSR count). The van der Waals surface area contributed by atoms with Crippen LogP contribution in [0.4, 0.5) is 0 Å². The first-order valence-electron chi connectivity index (χ1n) is 4.98. The Morgan fingerprint density at radius 2 is 1.41 bits per heavy atom. The van der Waals surface area contributed by atoms with Crippen molar-refractivity contribution in [3.63, 3.8) is 0 Å². The lowest BCUT2D eigenvalue weighted by Crippen LogP contribution is -2.11. The minimum Gasteiger partial charge on any atom is -0.466 e. The van der Waals surface area contributed by atoms with Crippen LogP contribution in [-0.2, 0) is 14.3 Å². The van der Waals surface area contributed by atoms with Gasteiger partial charge in [0.2, 0.25) is 0 Å². The Morgan fingerprint density at radius 3 is 1.71 bits per heavy atom. The third kappa shape index (κ3) is 2.51. The van der Waals surface area contributed by atoms with Crippen LogP contribution in [0.2, 0.25) is 0 Å². The second-order valence-electron chi connectivity index (χ2n) is 3.28. The molecule has 0 spiro atoms. The average Bonchev–Trinajstić information content (AvgIpc) is 3.03. The number of ether oxygens (including phenoxy) is 1. The van der Waals surface area contributed by atoms with Crippen LogP contribution in [0.1, 0.15) is 23.7 Å². The lowest BCUT2D eigenvalue weighted by atomic mass is 10.2. The zero-order valence-corrected chi connectivity index (χ0v) is 8.81. The van der Waals surface area contributed by atoms with Crippen LogP contribution in [0.3, 0.4) is 0 Å². The molecular formula is C12H10O5. The summed E-state index contributed by atoms with van der Waals surface area (Å²) < 4.78 is 15.4. The monoisotopic (exact) mass is 234 g/mol. The number of hydrogen-bond donors (Lipinski definition) is 0. The van der Waals surface area contributed by atoms with Gasteiger partial charge in [-0.15, -0.1) is 0 Å². The highest BCUT2D eigenvalue weighted by atomic mass is 16.5. The molecule has 17 heavy (non-hydrogen) atoms.